The Kier molecular flexibility index (Phi) is 4.57. The first-order chi connectivity index (χ1) is 11.5. The Balaban J connectivity index is 1.78. The maximum Gasteiger partial charge on any atom is 0.267 e. The van der Waals surface area contributed by atoms with Gasteiger partial charge in [0.25, 0.3) is 5.91 Å². The fraction of sp³-hybridized carbons (Fsp3) is 0.167. The number of pyridine rings is 1. The topological polar surface area (TPSA) is 66.9 Å². The molecule has 5 nitrogen and oxygen atoms in total. The molecule has 0 fully saturated rings. The number of nitrogens with zero attached hydrogens (tertiary/aromatic N) is 2. The van der Waals surface area contributed by atoms with E-state index in [0.29, 0.717) is 15.7 Å². The molecular weight excluding hydrogens is 320 g/mol. The monoisotopic (exact) mass is 338 g/mol. The zero-order valence-corrected chi connectivity index (χ0v) is 14.6. The third-order valence-corrected chi connectivity index (χ3v) is 4.62. The minimum atomic E-state index is -0.149. The van der Waals surface area contributed by atoms with Crippen LogP contribution in [0.4, 0.5) is 16.6 Å². The normalized spacial score (nSPS) is 10.5. The largest absolute Gasteiger partial charge is 0.321 e. The number of para-hydroxylation sites is 1. The van der Waals surface area contributed by atoms with Gasteiger partial charge in [0.1, 0.15) is 10.7 Å². The van der Waals surface area contributed by atoms with Crippen molar-refractivity contribution in [1.82, 2.24) is 9.97 Å². The van der Waals surface area contributed by atoms with Crippen LogP contribution in [0, 0.1) is 20.8 Å². The van der Waals surface area contributed by atoms with Crippen molar-refractivity contribution in [3.63, 3.8) is 0 Å². The highest BCUT2D eigenvalue weighted by molar-refractivity contribution is 7.17. The second kappa shape index (κ2) is 6.80. The molecule has 0 spiro atoms. The molecule has 0 bridgehead atoms. The van der Waals surface area contributed by atoms with E-state index in [0.717, 1.165) is 22.6 Å². The van der Waals surface area contributed by atoms with E-state index < -0.39 is 0 Å². The van der Waals surface area contributed by atoms with Crippen molar-refractivity contribution in [3.8, 4) is 0 Å². The average molecular weight is 338 g/mol. The Morgan fingerprint density at radius 3 is 2.67 bits per heavy atom. The molecular formula is C18H18N4OS. The third kappa shape index (κ3) is 3.60. The van der Waals surface area contributed by atoms with Gasteiger partial charge in [-0.15, -0.1) is 0 Å². The van der Waals surface area contributed by atoms with Crippen molar-refractivity contribution < 1.29 is 4.79 Å². The van der Waals surface area contributed by atoms with E-state index in [1.165, 1.54) is 11.3 Å². The number of aromatic nitrogens is 2. The van der Waals surface area contributed by atoms with Crippen LogP contribution in [-0.4, -0.2) is 15.9 Å². The number of benzene rings is 1. The molecule has 0 aliphatic rings. The molecule has 6 heteroatoms. The molecule has 1 amide bonds. The van der Waals surface area contributed by atoms with E-state index >= 15 is 0 Å². The Hall–Kier alpha value is -2.73. The van der Waals surface area contributed by atoms with Crippen LogP contribution in [0.3, 0.4) is 0 Å². The first-order valence-corrected chi connectivity index (χ1v) is 8.38. The van der Waals surface area contributed by atoms with Gasteiger partial charge in [-0.1, -0.05) is 29.5 Å². The molecule has 0 saturated carbocycles. The van der Waals surface area contributed by atoms with Crippen LogP contribution in [0.25, 0.3) is 0 Å². The summed E-state index contributed by atoms with van der Waals surface area (Å²) in [5, 5.41) is 6.75. The van der Waals surface area contributed by atoms with Gasteiger partial charge in [-0.25, -0.2) is 9.97 Å². The molecule has 0 aliphatic carbocycles. The number of carbonyl (C=O) groups excluding carboxylic acids is 1. The predicted molar refractivity (Wildman–Crippen MR) is 98.2 cm³/mol. The van der Waals surface area contributed by atoms with Crippen LogP contribution in [0.5, 0.6) is 0 Å². The van der Waals surface area contributed by atoms with Crippen LogP contribution in [0.1, 0.15) is 26.5 Å². The number of hydrogen-bond acceptors (Lipinski definition) is 5. The number of hydrogen-bond donors (Lipinski definition) is 2. The van der Waals surface area contributed by atoms with Crippen molar-refractivity contribution >= 4 is 33.9 Å². The van der Waals surface area contributed by atoms with Crippen LogP contribution in [0.15, 0.2) is 42.6 Å². The van der Waals surface area contributed by atoms with E-state index in [2.05, 4.69) is 20.6 Å². The molecule has 3 aromatic rings. The maximum absolute atomic E-state index is 12.5. The molecule has 2 aromatic heterocycles. The molecule has 2 N–H and O–H groups in total. The predicted octanol–water partition coefficient (Wildman–Crippen LogP) is 4.46. The number of amides is 1. The molecule has 122 valence electrons. The van der Waals surface area contributed by atoms with E-state index in [1.807, 2.05) is 57.2 Å². The Morgan fingerprint density at radius 1 is 1.12 bits per heavy atom. The number of rotatable bonds is 4. The van der Waals surface area contributed by atoms with E-state index in [1.54, 1.807) is 6.20 Å². The molecule has 3 rings (SSSR count). The molecule has 24 heavy (non-hydrogen) atoms. The van der Waals surface area contributed by atoms with Crippen LogP contribution in [-0.2, 0) is 0 Å². The van der Waals surface area contributed by atoms with Crippen molar-refractivity contribution in [2.24, 2.45) is 0 Å². The molecule has 0 radical (unpaired) electrons. The Morgan fingerprint density at radius 2 is 1.92 bits per heavy atom. The lowest BCUT2D eigenvalue weighted by molar-refractivity contribution is 0.102. The molecule has 2 heterocycles. The lowest BCUT2D eigenvalue weighted by Gasteiger charge is -2.06. The summed E-state index contributed by atoms with van der Waals surface area (Å²) in [5.41, 5.74) is 3.64. The fourth-order valence-electron chi connectivity index (χ4n) is 2.27. The molecule has 0 saturated heterocycles. The van der Waals surface area contributed by atoms with Gasteiger partial charge in [0, 0.05) is 11.9 Å². The maximum atomic E-state index is 12.5. The second-order valence-electron chi connectivity index (χ2n) is 5.55. The molecule has 1 aromatic carbocycles. The lowest BCUT2D eigenvalue weighted by atomic mass is 10.2. The summed E-state index contributed by atoms with van der Waals surface area (Å²) in [6.07, 6.45) is 1.74. The Bertz CT molecular complexity index is 888. The minimum Gasteiger partial charge on any atom is -0.321 e. The highest BCUT2D eigenvalue weighted by Gasteiger charge is 2.16. The Labute approximate surface area is 144 Å². The summed E-state index contributed by atoms with van der Waals surface area (Å²) in [6.45, 7) is 5.80. The van der Waals surface area contributed by atoms with Gasteiger partial charge >= 0.3 is 0 Å². The summed E-state index contributed by atoms with van der Waals surface area (Å²) in [4.78, 5) is 21.8. The number of anilines is 3. The van der Waals surface area contributed by atoms with Crippen molar-refractivity contribution in [1.29, 1.82) is 0 Å². The van der Waals surface area contributed by atoms with Gasteiger partial charge in [0.15, 0.2) is 5.13 Å². The van der Waals surface area contributed by atoms with Crippen LogP contribution >= 0.6 is 11.3 Å². The third-order valence-electron chi connectivity index (χ3n) is 3.55. The molecule has 0 unspecified atom stereocenters. The fourth-order valence-corrected chi connectivity index (χ4v) is 3.14. The summed E-state index contributed by atoms with van der Waals surface area (Å²) in [7, 11) is 0. The van der Waals surface area contributed by atoms with Gasteiger partial charge in [0.05, 0.1) is 5.69 Å². The van der Waals surface area contributed by atoms with Crippen LogP contribution in [0.2, 0.25) is 0 Å². The van der Waals surface area contributed by atoms with Crippen molar-refractivity contribution in [2.45, 2.75) is 20.8 Å². The highest BCUT2D eigenvalue weighted by Crippen LogP contribution is 2.26. The zero-order chi connectivity index (χ0) is 17.1. The van der Waals surface area contributed by atoms with E-state index in [4.69, 9.17) is 0 Å². The number of carbonyl (C=O) groups is 1. The summed E-state index contributed by atoms with van der Waals surface area (Å²) in [6, 6.07) is 11.6. The van der Waals surface area contributed by atoms with Gasteiger partial charge in [-0.3, -0.25) is 4.79 Å². The smallest absolute Gasteiger partial charge is 0.267 e. The average Bonchev–Trinajstić information content (AvgIpc) is 2.90. The number of thiazole rings is 1. The molecule has 0 aliphatic heterocycles. The van der Waals surface area contributed by atoms with Crippen molar-refractivity contribution in [2.75, 3.05) is 10.6 Å². The molecule has 0 atom stereocenters. The van der Waals surface area contributed by atoms with E-state index in [9.17, 15) is 4.79 Å². The highest BCUT2D eigenvalue weighted by atomic mass is 32.1. The SMILES string of the molecule is Cc1ccnc(Nc2nc(C)c(C(=O)Nc3ccccc3C)s2)c1. The van der Waals surface area contributed by atoms with E-state index in [-0.39, 0.29) is 5.91 Å². The summed E-state index contributed by atoms with van der Waals surface area (Å²) in [5.74, 6) is 0.569. The van der Waals surface area contributed by atoms with Gasteiger partial charge in [-0.2, -0.15) is 0 Å². The first-order valence-electron chi connectivity index (χ1n) is 7.57. The second-order valence-corrected chi connectivity index (χ2v) is 6.55. The standard InChI is InChI=1S/C18H18N4OS/c1-11-8-9-19-15(10-11)22-18-20-13(3)16(24-18)17(23)21-14-7-5-4-6-12(14)2/h4-10H,1-3H3,(H,21,23)(H,19,20,22). The van der Waals surface area contributed by atoms with Crippen LogP contribution < -0.4 is 10.6 Å². The van der Waals surface area contributed by atoms with Gasteiger partial charge in [-0.05, 0) is 50.1 Å². The van der Waals surface area contributed by atoms with Gasteiger partial charge < -0.3 is 10.6 Å². The minimum absolute atomic E-state index is 0.149. The number of nitrogens with one attached hydrogen (secondary N) is 2. The summed E-state index contributed by atoms with van der Waals surface area (Å²) < 4.78 is 0. The lowest BCUT2D eigenvalue weighted by Crippen LogP contribution is -2.12. The first kappa shape index (κ1) is 16.1. The van der Waals surface area contributed by atoms with Gasteiger partial charge in [0.2, 0.25) is 0 Å². The number of aryl methyl sites for hydroxylation is 3. The van der Waals surface area contributed by atoms with Crippen molar-refractivity contribution in [3.05, 3.63) is 64.3 Å². The quantitative estimate of drug-likeness (QED) is 0.737. The summed E-state index contributed by atoms with van der Waals surface area (Å²) >= 11 is 1.32. The zero-order valence-electron chi connectivity index (χ0n) is 13.8.